The van der Waals surface area contributed by atoms with Gasteiger partial charge in [0.05, 0.1) is 11.4 Å². The minimum absolute atomic E-state index is 0.0990. The lowest BCUT2D eigenvalue weighted by Crippen LogP contribution is -2.57. The maximum Gasteiger partial charge on any atom is 0.320 e. The van der Waals surface area contributed by atoms with Crippen LogP contribution in [-0.2, 0) is 9.59 Å². The van der Waals surface area contributed by atoms with Crippen LogP contribution in [0.15, 0.2) is 54.6 Å². The van der Waals surface area contributed by atoms with Crippen LogP contribution < -0.4 is 20.9 Å². The summed E-state index contributed by atoms with van der Waals surface area (Å²) >= 11 is 0. The highest BCUT2D eigenvalue weighted by molar-refractivity contribution is 6.21. The first-order valence-corrected chi connectivity index (χ1v) is 12.3. The average Bonchev–Trinajstić information content (AvgIpc) is 2.89. The molecule has 4 saturated carbocycles. The maximum atomic E-state index is 13.9. The molecule has 0 radical (unpaired) electrons. The van der Waals surface area contributed by atoms with Crippen LogP contribution in [0.5, 0.6) is 0 Å². The molecule has 7 heteroatoms. The van der Waals surface area contributed by atoms with Gasteiger partial charge in [0, 0.05) is 12.2 Å². The van der Waals surface area contributed by atoms with Crippen molar-refractivity contribution in [3.8, 4) is 0 Å². The maximum absolute atomic E-state index is 13.9. The van der Waals surface area contributed by atoms with E-state index in [1.165, 1.54) is 19.3 Å². The third kappa shape index (κ3) is 3.83. The molecular formula is C27H30N4O3. The number of anilines is 3. The molecule has 4 amide bonds. The fraction of sp³-hybridized carbons (Fsp3) is 0.444. The molecule has 1 unspecified atom stereocenters. The van der Waals surface area contributed by atoms with E-state index >= 15 is 0 Å². The molecule has 7 rings (SSSR count). The summed E-state index contributed by atoms with van der Waals surface area (Å²) in [6.07, 6.45) is 7.44. The highest BCUT2D eigenvalue weighted by Crippen LogP contribution is 2.60. The summed E-state index contributed by atoms with van der Waals surface area (Å²) in [5, 5.41) is 8.21. The molecule has 4 fully saturated rings. The average molecular weight is 459 g/mol. The zero-order valence-corrected chi connectivity index (χ0v) is 19.1. The molecule has 0 aromatic heterocycles. The van der Waals surface area contributed by atoms with Gasteiger partial charge in [0.15, 0.2) is 6.04 Å². The summed E-state index contributed by atoms with van der Waals surface area (Å²) in [5.41, 5.74) is 2.01. The van der Waals surface area contributed by atoms with Crippen LogP contribution in [0.3, 0.4) is 0 Å². The second-order valence-corrected chi connectivity index (χ2v) is 10.7. The summed E-state index contributed by atoms with van der Waals surface area (Å²) in [5.74, 6) is 1.38. The van der Waals surface area contributed by atoms with E-state index in [0.717, 1.165) is 37.0 Å². The van der Waals surface area contributed by atoms with Gasteiger partial charge in [0.25, 0.3) is 11.8 Å². The molecule has 7 nitrogen and oxygen atoms in total. The number of carbonyl (C=O) groups is 3. The Balaban J connectivity index is 1.28. The molecule has 2 aromatic carbocycles. The molecule has 5 aliphatic rings. The monoisotopic (exact) mass is 458 g/mol. The third-order valence-electron chi connectivity index (χ3n) is 8.19. The van der Waals surface area contributed by atoms with Crippen LogP contribution in [0.4, 0.5) is 21.9 Å². The molecule has 4 aliphatic carbocycles. The van der Waals surface area contributed by atoms with Crippen molar-refractivity contribution < 1.29 is 14.4 Å². The Morgan fingerprint density at radius 2 is 1.53 bits per heavy atom. The first-order chi connectivity index (χ1) is 16.5. The molecule has 0 saturated heterocycles. The van der Waals surface area contributed by atoms with Crippen molar-refractivity contribution in [2.24, 2.45) is 23.2 Å². The van der Waals surface area contributed by atoms with Crippen molar-refractivity contribution in [1.29, 1.82) is 0 Å². The molecule has 0 spiro atoms. The van der Waals surface area contributed by atoms with E-state index in [-0.39, 0.29) is 11.3 Å². The van der Waals surface area contributed by atoms with E-state index in [2.05, 4.69) is 16.0 Å². The Hall–Kier alpha value is -3.35. The zero-order chi connectivity index (χ0) is 23.3. The van der Waals surface area contributed by atoms with Gasteiger partial charge in [-0.1, -0.05) is 30.3 Å². The number of hydrogen-bond acceptors (Lipinski definition) is 3. The van der Waals surface area contributed by atoms with Gasteiger partial charge in [-0.05, 0) is 86.0 Å². The lowest BCUT2D eigenvalue weighted by molar-refractivity contribution is -0.128. The van der Waals surface area contributed by atoms with Crippen molar-refractivity contribution in [2.75, 3.05) is 22.1 Å². The Morgan fingerprint density at radius 3 is 2.21 bits per heavy atom. The molecule has 4 bridgehead atoms. The van der Waals surface area contributed by atoms with Crippen LogP contribution in [-0.4, -0.2) is 30.4 Å². The van der Waals surface area contributed by atoms with Crippen LogP contribution in [0.2, 0.25) is 0 Å². The molecular weight excluding hydrogens is 428 g/mol. The van der Waals surface area contributed by atoms with Gasteiger partial charge in [0.2, 0.25) is 0 Å². The van der Waals surface area contributed by atoms with Crippen molar-refractivity contribution in [3.63, 3.8) is 0 Å². The topological polar surface area (TPSA) is 90.5 Å². The van der Waals surface area contributed by atoms with Gasteiger partial charge >= 0.3 is 6.03 Å². The summed E-state index contributed by atoms with van der Waals surface area (Å²) in [7, 11) is 0. The number of fused-ring (bicyclic) bond motifs is 1. The molecule has 2 aromatic rings. The Labute approximate surface area is 199 Å². The predicted molar refractivity (Wildman–Crippen MR) is 130 cm³/mol. The van der Waals surface area contributed by atoms with Crippen molar-refractivity contribution in [1.82, 2.24) is 5.32 Å². The number of hydrogen-bond donors (Lipinski definition) is 3. The highest BCUT2D eigenvalue weighted by atomic mass is 16.2. The van der Waals surface area contributed by atoms with Gasteiger partial charge in [-0.2, -0.15) is 0 Å². The Bertz CT molecular complexity index is 1100. The lowest BCUT2D eigenvalue weighted by atomic mass is 9.49. The van der Waals surface area contributed by atoms with E-state index in [1.54, 1.807) is 17.0 Å². The normalized spacial score (nSPS) is 31.5. The number of nitrogens with one attached hydrogen (secondary N) is 3. The first-order valence-electron chi connectivity index (χ1n) is 12.3. The summed E-state index contributed by atoms with van der Waals surface area (Å²) in [4.78, 5) is 41.4. The zero-order valence-electron chi connectivity index (χ0n) is 19.1. The van der Waals surface area contributed by atoms with Crippen molar-refractivity contribution in [2.45, 2.75) is 44.6 Å². The molecule has 34 heavy (non-hydrogen) atoms. The van der Waals surface area contributed by atoms with Gasteiger partial charge in [-0.3, -0.25) is 9.59 Å². The fourth-order valence-electron chi connectivity index (χ4n) is 7.34. The second kappa shape index (κ2) is 8.15. The minimum Gasteiger partial charge on any atom is -0.322 e. The summed E-state index contributed by atoms with van der Waals surface area (Å²) in [6, 6.07) is 14.5. The van der Waals surface area contributed by atoms with E-state index in [9.17, 15) is 14.4 Å². The number of carbonyl (C=O) groups excluding carboxylic acids is 3. The fourth-order valence-corrected chi connectivity index (χ4v) is 7.34. The van der Waals surface area contributed by atoms with Crippen molar-refractivity contribution >= 4 is 34.9 Å². The second-order valence-electron chi connectivity index (χ2n) is 10.7. The number of amides is 4. The quantitative estimate of drug-likeness (QED) is 0.594. The van der Waals surface area contributed by atoms with Crippen LogP contribution in [0, 0.1) is 23.2 Å². The highest BCUT2D eigenvalue weighted by Gasteiger charge is 2.52. The molecule has 176 valence electrons. The smallest absolute Gasteiger partial charge is 0.320 e. The Kier molecular flexibility index (Phi) is 5.08. The van der Waals surface area contributed by atoms with Gasteiger partial charge < -0.3 is 20.9 Å². The first kappa shape index (κ1) is 21.2. The molecule has 3 N–H and O–H groups in total. The SMILES string of the molecule is O=C(Nc1ccccc1)NC1C(=O)Nc2ccccc2N(CC23CC4CC(CC(C4)C2)C3)C1=O. The van der Waals surface area contributed by atoms with Crippen LogP contribution >= 0.6 is 0 Å². The van der Waals surface area contributed by atoms with Gasteiger partial charge in [0.1, 0.15) is 0 Å². The number of para-hydroxylation sites is 3. The molecule has 1 aliphatic heterocycles. The number of nitrogens with zero attached hydrogens (tertiary/aromatic N) is 1. The number of benzene rings is 2. The molecule has 1 heterocycles. The summed E-state index contributed by atoms with van der Waals surface area (Å²) < 4.78 is 0. The summed E-state index contributed by atoms with van der Waals surface area (Å²) in [6.45, 7) is 0.597. The Morgan fingerprint density at radius 1 is 0.912 bits per heavy atom. The van der Waals surface area contributed by atoms with E-state index in [1.807, 2.05) is 42.5 Å². The third-order valence-corrected chi connectivity index (χ3v) is 8.19. The van der Waals surface area contributed by atoms with Gasteiger partial charge in [-0.25, -0.2) is 4.79 Å². The number of urea groups is 1. The van der Waals surface area contributed by atoms with E-state index in [4.69, 9.17) is 0 Å². The largest absolute Gasteiger partial charge is 0.322 e. The van der Waals surface area contributed by atoms with Gasteiger partial charge in [-0.15, -0.1) is 0 Å². The minimum atomic E-state index is -1.30. The number of rotatable bonds is 4. The van der Waals surface area contributed by atoms with Crippen LogP contribution in [0.1, 0.15) is 38.5 Å². The van der Waals surface area contributed by atoms with Crippen molar-refractivity contribution in [3.05, 3.63) is 54.6 Å². The van der Waals surface area contributed by atoms with E-state index in [0.29, 0.717) is 23.6 Å². The molecule has 1 atom stereocenters. The van der Waals surface area contributed by atoms with E-state index < -0.39 is 18.0 Å². The van der Waals surface area contributed by atoms with Crippen LogP contribution in [0.25, 0.3) is 0 Å². The standard InChI is InChI=1S/C27H30N4O3/c32-24-23(30-26(34)28-20-6-2-1-3-7-20)25(33)31(22-9-5-4-8-21(22)29-24)16-27-13-17-10-18(14-27)12-19(11-17)15-27/h1-9,17-19,23H,10-16H2,(H,29,32)(H2,28,30,34). The predicted octanol–water partition coefficient (Wildman–Crippen LogP) is 4.38. The lowest BCUT2D eigenvalue weighted by Gasteiger charge is -2.57.